The number of ether oxygens (including phenoxy) is 1. The van der Waals surface area contributed by atoms with Crippen molar-refractivity contribution in [3.63, 3.8) is 0 Å². The van der Waals surface area contributed by atoms with E-state index in [1.54, 1.807) is 0 Å². The Morgan fingerprint density at radius 3 is 2.56 bits per heavy atom. The van der Waals surface area contributed by atoms with Gasteiger partial charge in [0.15, 0.2) is 0 Å². The van der Waals surface area contributed by atoms with Crippen molar-refractivity contribution in [3.8, 4) is 0 Å². The fraction of sp³-hybridized carbons (Fsp3) is 0.935. The van der Waals surface area contributed by atoms with Gasteiger partial charge < -0.3 is 14.7 Å². The van der Waals surface area contributed by atoms with Gasteiger partial charge in [-0.25, -0.2) is 0 Å². The number of rotatable bonds is 8. The Kier molecular flexibility index (Phi) is 8.18. The molecule has 1 aliphatic heterocycles. The highest BCUT2D eigenvalue weighted by molar-refractivity contribution is 5.79. The predicted molar refractivity (Wildman–Crippen MR) is 141 cm³/mol. The van der Waals surface area contributed by atoms with Crippen LogP contribution in [0.15, 0.2) is 0 Å². The Balaban J connectivity index is 1.15. The number of amides is 1. The van der Waals surface area contributed by atoms with E-state index >= 15 is 0 Å². The largest absolute Gasteiger partial charge is 0.393 e. The molecule has 4 saturated carbocycles. The summed E-state index contributed by atoms with van der Waals surface area (Å²) in [5.41, 5.74) is 0.412. The maximum atomic E-state index is 12.4. The molecule has 1 heterocycles. The van der Waals surface area contributed by atoms with Gasteiger partial charge in [0.1, 0.15) is 5.78 Å². The van der Waals surface area contributed by atoms with Crippen molar-refractivity contribution in [2.45, 2.75) is 116 Å². The van der Waals surface area contributed by atoms with Gasteiger partial charge in [-0.1, -0.05) is 46.0 Å². The number of Topliss-reactive ketones (excluding diaryl/α,β-unsaturated/α-hetero) is 1. The molecule has 0 aromatic carbocycles. The van der Waals surface area contributed by atoms with Gasteiger partial charge in [-0.15, -0.1) is 0 Å². The molecule has 0 aromatic rings. The van der Waals surface area contributed by atoms with Crippen LogP contribution in [0.5, 0.6) is 0 Å². The van der Waals surface area contributed by atoms with Crippen LogP contribution in [0.25, 0.3) is 0 Å². The highest BCUT2D eigenvalue weighted by Gasteiger charge is 2.62. The average Bonchev–Trinajstić information content (AvgIpc) is 3.17. The normalized spacial score (nSPS) is 42.5. The van der Waals surface area contributed by atoms with E-state index in [1.807, 2.05) is 4.90 Å². The first-order valence-corrected chi connectivity index (χ1v) is 15.4. The van der Waals surface area contributed by atoms with Crippen molar-refractivity contribution in [2.24, 2.45) is 40.4 Å². The molecular weight excluding hydrogens is 450 g/mol. The highest BCUT2D eigenvalue weighted by Crippen LogP contribution is 2.68. The van der Waals surface area contributed by atoms with E-state index in [-0.39, 0.29) is 11.5 Å². The van der Waals surface area contributed by atoms with Gasteiger partial charge in [0, 0.05) is 32.4 Å². The van der Waals surface area contributed by atoms with Crippen LogP contribution in [0, 0.1) is 40.4 Å². The number of morpholine rings is 1. The molecule has 1 saturated heterocycles. The standard InChI is InChI=1S/C31H51NO4/c1-30-15-14-24(33)20-23(30)10-11-25-26-12-13-27(34)31(26,2)21-22(29(25)30)8-6-4-3-5-7-9-28(35)32-16-18-36-19-17-32/h22-23,25-27,29,34H,3-21H2,1-2H3/t22-,23-,25-,26-,27-,29-,30-,31-/m0/s1. The van der Waals surface area contributed by atoms with Gasteiger partial charge in [0.25, 0.3) is 0 Å². The molecular formula is C31H51NO4. The van der Waals surface area contributed by atoms with E-state index in [1.165, 1.54) is 51.4 Å². The third-order valence-corrected chi connectivity index (χ3v) is 11.8. The molecule has 5 fully saturated rings. The van der Waals surface area contributed by atoms with Crippen LogP contribution in [-0.2, 0) is 14.3 Å². The molecule has 0 radical (unpaired) electrons. The average molecular weight is 502 g/mol. The zero-order valence-electron chi connectivity index (χ0n) is 23.0. The first kappa shape index (κ1) is 26.7. The number of nitrogens with zero attached hydrogens (tertiary/aromatic N) is 1. The molecule has 5 heteroatoms. The number of hydrogen-bond acceptors (Lipinski definition) is 4. The third kappa shape index (κ3) is 5.05. The van der Waals surface area contributed by atoms with E-state index in [2.05, 4.69) is 13.8 Å². The molecule has 204 valence electrons. The topological polar surface area (TPSA) is 66.8 Å². The molecule has 0 aromatic heterocycles. The lowest BCUT2D eigenvalue weighted by Gasteiger charge is -2.62. The lowest BCUT2D eigenvalue weighted by atomic mass is 9.42. The molecule has 0 bridgehead atoms. The summed E-state index contributed by atoms with van der Waals surface area (Å²) in [5, 5.41) is 11.0. The SMILES string of the molecule is C[C@]12CCC(=O)C[C@@H]1CC[C@@H]1[C@@H]2[C@@H](CCCCCCCC(=O)N2CCOCC2)C[C@]2(C)[C@@H](O)CC[C@@H]12. The molecule has 4 aliphatic carbocycles. The van der Waals surface area contributed by atoms with Crippen molar-refractivity contribution in [1.29, 1.82) is 0 Å². The lowest BCUT2D eigenvalue weighted by molar-refractivity contribution is -0.159. The molecule has 5 nitrogen and oxygen atoms in total. The predicted octanol–water partition coefficient (Wildman–Crippen LogP) is 5.77. The van der Waals surface area contributed by atoms with Crippen LogP contribution in [0.1, 0.15) is 110 Å². The molecule has 0 spiro atoms. The van der Waals surface area contributed by atoms with Crippen molar-refractivity contribution in [2.75, 3.05) is 26.3 Å². The van der Waals surface area contributed by atoms with Crippen molar-refractivity contribution < 1.29 is 19.4 Å². The quantitative estimate of drug-likeness (QED) is 0.429. The van der Waals surface area contributed by atoms with Gasteiger partial charge in [0.2, 0.25) is 5.91 Å². The van der Waals surface area contributed by atoms with E-state index in [0.717, 1.165) is 63.5 Å². The number of ketones is 1. The van der Waals surface area contributed by atoms with Crippen LogP contribution in [0.3, 0.4) is 0 Å². The Morgan fingerprint density at radius 2 is 1.75 bits per heavy atom. The smallest absolute Gasteiger partial charge is 0.222 e. The number of unbranched alkanes of at least 4 members (excludes halogenated alkanes) is 4. The summed E-state index contributed by atoms with van der Waals surface area (Å²) in [6, 6.07) is 0. The van der Waals surface area contributed by atoms with Crippen molar-refractivity contribution in [1.82, 2.24) is 4.90 Å². The second-order valence-corrected chi connectivity index (χ2v) is 13.7. The van der Waals surface area contributed by atoms with Gasteiger partial charge in [0.05, 0.1) is 19.3 Å². The minimum atomic E-state index is -0.131. The highest BCUT2D eigenvalue weighted by atomic mass is 16.5. The maximum absolute atomic E-state index is 12.4. The monoisotopic (exact) mass is 501 g/mol. The van der Waals surface area contributed by atoms with Crippen LogP contribution in [0.2, 0.25) is 0 Å². The Labute approximate surface area is 219 Å². The number of carbonyl (C=O) groups excluding carboxylic acids is 2. The minimum absolute atomic E-state index is 0.0966. The van der Waals surface area contributed by atoms with E-state index in [9.17, 15) is 14.7 Å². The third-order valence-electron chi connectivity index (χ3n) is 11.8. The zero-order valence-corrected chi connectivity index (χ0v) is 23.0. The summed E-state index contributed by atoms with van der Waals surface area (Å²) in [6.07, 6.45) is 16.3. The Morgan fingerprint density at radius 1 is 1.00 bits per heavy atom. The number of aliphatic hydroxyl groups excluding tert-OH is 1. The van der Waals surface area contributed by atoms with E-state index in [4.69, 9.17) is 4.74 Å². The van der Waals surface area contributed by atoms with Crippen molar-refractivity contribution >= 4 is 11.7 Å². The van der Waals surface area contributed by atoms with Crippen LogP contribution >= 0.6 is 0 Å². The second kappa shape index (κ2) is 11.0. The molecule has 1 N–H and O–H groups in total. The number of fused-ring (bicyclic) bond motifs is 5. The molecule has 1 amide bonds. The van der Waals surface area contributed by atoms with Crippen LogP contribution in [0.4, 0.5) is 0 Å². The van der Waals surface area contributed by atoms with E-state index in [0.29, 0.717) is 54.5 Å². The second-order valence-electron chi connectivity index (χ2n) is 13.7. The summed E-state index contributed by atoms with van der Waals surface area (Å²) < 4.78 is 5.36. The zero-order chi connectivity index (χ0) is 25.3. The van der Waals surface area contributed by atoms with E-state index < -0.39 is 0 Å². The fourth-order valence-electron chi connectivity index (χ4n) is 9.89. The van der Waals surface area contributed by atoms with Gasteiger partial charge in [-0.3, -0.25) is 9.59 Å². The molecule has 0 unspecified atom stereocenters. The van der Waals surface area contributed by atoms with Gasteiger partial charge >= 0.3 is 0 Å². The number of aliphatic hydroxyl groups is 1. The summed E-state index contributed by atoms with van der Waals surface area (Å²) in [6.45, 7) is 7.83. The Bertz CT molecular complexity index is 793. The minimum Gasteiger partial charge on any atom is -0.393 e. The summed E-state index contributed by atoms with van der Waals surface area (Å²) in [4.78, 5) is 26.7. The number of hydrogen-bond donors (Lipinski definition) is 1. The van der Waals surface area contributed by atoms with Gasteiger partial charge in [-0.05, 0) is 85.4 Å². The van der Waals surface area contributed by atoms with Crippen LogP contribution < -0.4 is 0 Å². The lowest BCUT2D eigenvalue weighted by Crippen LogP contribution is -2.57. The van der Waals surface area contributed by atoms with Gasteiger partial charge in [-0.2, -0.15) is 0 Å². The molecule has 36 heavy (non-hydrogen) atoms. The summed E-state index contributed by atoms with van der Waals surface area (Å²) in [7, 11) is 0. The molecule has 5 aliphatic rings. The fourth-order valence-corrected chi connectivity index (χ4v) is 9.89. The summed E-state index contributed by atoms with van der Waals surface area (Å²) in [5.74, 6) is 4.22. The molecule has 5 rings (SSSR count). The van der Waals surface area contributed by atoms with Crippen LogP contribution in [-0.4, -0.2) is 54.1 Å². The molecule has 8 atom stereocenters. The first-order chi connectivity index (χ1) is 17.3. The Hall–Kier alpha value is -0.940. The maximum Gasteiger partial charge on any atom is 0.222 e. The van der Waals surface area contributed by atoms with Crippen molar-refractivity contribution in [3.05, 3.63) is 0 Å². The number of carbonyl (C=O) groups is 2. The summed E-state index contributed by atoms with van der Waals surface area (Å²) >= 11 is 0. The first-order valence-electron chi connectivity index (χ1n) is 15.4.